The van der Waals surface area contributed by atoms with Crippen molar-refractivity contribution in [1.82, 2.24) is 15.5 Å². The molecule has 8 nitrogen and oxygen atoms in total. The average Bonchev–Trinajstić information content (AvgIpc) is 3.36. The van der Waals surface area contributed by atoms with Crippen molar-refractivity contribution in [2.24, 2.45) is 17.1 Å². The van der Waals surface area contributed by atoms with E-state index in [9.17, 15) is 9.59 Å². The molecule has 4 N–H and O–H groups in total. The molecule has 4 rings (SSSR count). The summed E-state index contributed by atoms with van der Waals surface area (Å²) < 4.78 is 11.2. The van der Waals surface area contributed by atoms with Gasteiger partial charge in [0.2, 0.25) is 11.8 Å². The second kappa shape index (κ2) is 12.5. The highest BCUT2D eigenvalue weighted by molar-refractivity contribution is 5.92. The quantitative estimate of drug-likeness (QED) is 0.455. The summed E-state index contributed by atoms with van der Waals surface area (Å²) in [6.45, 7) is 7.80. The summed E-state index contributed by atoms with van der Waals surface area (Å²) in [7, 11) is 0. The number of amides is 2. The third-order valence-electron chi connectivity index (χ3n) is 8.42. The SMILES string of the molecule is CCC1(CN2CCC(CNC(=O)[C@@H](Cc3ccccc3)NC(=O)C3(N)CCCC3)CC2)COCOC1. The molecule has 0 bridgehead atoms. The van der Waals surface area contributed by atoms with E-state index in [4.69, 9.17) is 15.2 Å². The number of carbonyl (C=O) groups excluding carboxylic acids is 2. The Morgan fingerprint density at radius 3 is 2.42 bits per heavy atom. The van der Waals surface area contributed by atoms with E-state index >= 15 is 0 Å². The standard InChI is InChI=1S/C28H44N4O4/c1-2-27(19-35-21-36-20-27)18-32-14-10-23(11-15-32)17-30-25(33)24(16-22-8-4-3-5-9-22)31-26(34)28(29)12-6-7-13-28/h3-5,8-9,23-24H,2,6-7,10-21,29H2,1H3,(H,30,33)(H,31,34)/t24-/m1/s1. The first-order valence-electron chi connectivity index (χ1n) is 13.7. The smallest absolute Gasteiger partial charge is 0.242 e. The molecular weight excluding hydrogens is 456 g/mol. The Morgan fingerprint density at radius 1 is 1.11 bits per heavy atom. The normalized spacial score (nSPS) is 23.2. The molecule has 36 heavy (non-hydrogen) atoms. The van der Waals surface area contributed by atoms with Crippen molar-refractivity contribution >= 4 is 11.8 Å². The molecule has 2 aliphatic heterocycles. The topological polar surface area (TPSA) is 106 Å². The lowest BCUT2D eigenvalue weighted by atomic mass is 9.84. The minimum Gasteiger partial charge on any atom is -0.355 e. The first-order valence-corrected chi connectivity index (χ1v) is 13.7. The fourth-order valence-corrected chi connectivity index (χ4v) is 5.81. The van der Waals surface area contributed by atoms with Gasteiger partial charge in [-0.2, -0.15) is 0 Å². The number of piperidine rings is 1. The van der Waals surface area contributed by atoms with Gasteiger partial charge in [0.05, 0.1) is 18.8 Å². The molecule has 1 atom stereocenters. The van der Waals surface area contributed by atoms with Crippen LogP contribution in [0.4, 0.5) is 0 Å². The molecule has 2 heterocycles. The maximum Gasteiger partial charge on any atom is 0.242 e. The number of likely N-dealkylation sites (tertiary alicyclic amines) is 1. The molecule has 1 saturated carbocycles. The van der Waals surface area contributed by atoms with Crippen LogP contribution >= 0.6 is 0 Å². The van der Waals surface area contributed by atoms with Crippen LogP contribution in [-0.2, 0) is 25.5 Å². The number of rotatable bonds is 10. The molecule has 0 radical (unpaired) electrons. The highest BCUT2D eigenvalue weighted by Crippen LogP contribution is 2.30. The number of hydrogen-bond donors (Lipinski definition) is 3. The predicted molar refractivity (Wildman–Crippen MR) is 139 cm³/mol. The Hall–Kier alpha value is -2.00. The second-order valence-corrected chi connectivity index (χ2v) is 11.2. The van der Waals surface area contributed by atoms with Gasteiger partial charge in [0.1, 0.15) is 12.8 Å². The van der Waals surface area contributed by atoms with Gasteiger partial charge in [-0.3, -0.25) is 9.59 Å². The van der Waals surface area contributed by atoms with Crippen LogP contribution < -0.4 is 16.4 Å². The zero-order valence-electron chi connectivity index (χ0n) is 21.8. The summed E-state index contributed by atoms with van der Waals surface area (Å²) in [4.78, 5) is 28.8. The first kappa shape index (κ1) is 27.0. The monoisotopic (exact) mass is 500 g/mol. The van der Waals surface area contributed by atoms with Crippen LogP contribution in [0.5, 0.6) is 0 Å². The van der Waals surface area contributed by atoms with Crippen LogP contribution in [0.1, 0.15) is 57.4 Å². The van der Waals surface area contributed by atoms with Gasteiger partial charge in [0.25, 0.3) is 0 Å². The number of carbonyl (C=O) groups is 2. The Labute approximate surface area is 215 Å². The van der Waals surface area contributed by atoms with E-state index in [0.29, 0.717) is 38.5 Å². The minimum atomic E-state index is -0.855. The first-order chi connectivity index (χ1) is 17.4. The lowest BCUT2D eigenvalue weighted by Gasteiger charge is -2.42. The molecule has 200 valence electrons. The molecular formula is C28H44N4O4. The number of benzene rings is 1. The maximum absolute atomic E-state index is 13.2. The number of nitrogens with one attached hydrogen (secondary N) is 2. The van der Waals surface area contributed by atoms with Crippen molar-refractivity contribution in [2.75, 3.05) is 46.2 Å². The van der Waals surface area contributed by atoms with Crippen LogP contribution in [0.25, 0.3) is 0 Å². The largest absolute Gasteiger partial charge is 0.355 e. The molecule has 3 aliphatic rings. The molecule has 0 unspecified atom stereocenters. The van der Waals surface area contributed by atoms with Crippen molar-refractivity contribution in [3.63, 3.8) is 0 Å². The van der Waals surface area contributed by atoms with Crippen molar-refractivity contribution in [3.05, 3.63) is 35.9 Å². The molecule has 1 aliphatic carbocycles. The van der Waals surface area contributed by atoms with Gasteiger partial charge in [-0.15, -0.1) is 0 Å². The van der Waals surface area contributed by atoms with Gasteiger partial charge < -0.3 is 30.7 Å². The summed E-state index contributed by atoms with van der Waals surface area (Å²) >= 11 is 0. The molecule has 2 amide bonds. The van der Waals surface area contributed by atoms with Gasteiger partial charge in [-0.05, 0) is 56.7 Å². The van der Waals surface area contributed by atoms with Gasteiger partial charge >= 0.3 is 0 Å². The van der Waals surface area contributed by atoms with E-state index in [-0.39, 0.29) is 17.2 Å². The van der Waals surface area contributed by atoms with E-state index < -0.39 is 11.6 Å². The van der Waals surface area contributed by atoms with E-state index in [2.05, 4.69) is 22.5 Å². The number of ether oxygens (including phenoxy) is 2. The summed E-state index contributed by atoms with van der Waals surface area (Å²) in [5.41, 5.74) is 6.62. The van der Waals surface area contributed by atoms with Gasteiger partial charge in [0.15, 0.2) is 0 Å². The van der Waals surface area contributed by atoms with Crippen LogP contribution in [-0.4, -0.2) is 74.5 Å². The maximum atomic E-state index is 13.2. The highest BCUT2D eigenvalue weighted by atomic mass is 16.7. The second-order valence-electron chi connectivity index (χ2n) is 11.2. The molecule has 1 aromatic carbocycles. The molecule has 0 aromatic heterocycles. The van der Waals surface area contributed by atoms with Gasteiger partial charge in [-0.25, -0.2) is 0 Å². The third kappa shape index (κ3) is 7.06. The fraction of sp³-hybridized carbons (Fsp3) is 0.714. The summed E-state index contributed by atoms with van der Waals surface area (Å²) in [5.74, 6) is 0.105. The number of hydrogen-bond acceptors (Lipinski definition) is 6. The predicted octanol–water partition coefficient (Wildman–Crippen LogP) is 2.21. The summed E-state index contributed by atoms with van der Waals surface area (Å²) in [6, 6.07) is 9.21. The van der Waals surface area contributed by atoms with E-state index in [1.165, 1.54) is 0 Å². The van der Waals surface area contributed by atoms with Crippen LogP contribution in [0, 0.1) is 11.3 Å². The Balaban J connectivity index is 1.28. The van der Waals surface area contributed by atoms with E-state index in [1.807, 2.05) is 30.3 Å². The van der Waals surface area contributed by atoms with Crippen molar-refractivity contribution in [1.29, 1.82) is 0 Å². The Kier molecular flexibility index (Phi) is 9.39. The van der Waals surface area contributed by atoms with Crippen molar-refractivity contribution < 1.29 is 19.1 Å². The van der Waals surface area contributed by atoms with Gasteiger partial charge in [0, 0.05) is 24.9 Å². The summed E-state index contributed by atoms with van der Waals surface area (Å²) in [5, 5.41) is 6.13. The molecule has 3 fully saturated rings. The fourth-order valence-electron chi connectivity index (χ4n) is 5.81. The van der Waals surface area contributed by atoms with Crippen LogP contribution in [0.2, 0.25) is 0 Å². The lowest BCUT2D eigenvalue weighted by molar-refractivity contribution is -0.172. The highest BCUT2D eigenvalue weighted by Gasteiger charge is 2.39. The van der Waals surface area contributed by atoms with E-state index in [1.54, 1.807) is 0 Å². The zero-order chi connectivity index (χ0) is 25.4. The third-order valence-corrected chi connectivity index (χ3v) is 8.42. The Morgan fingerprint density at radius 2 is 1.78 bits per heavy atom. The van der Waals surface area contributed by atoms with Crippen molar-refractivity contribution in [2.45, 2.75) is 69.9 Å². The number of nitrogens with two attached hydrogens (primary N) is 1. The minimum absolute atomic E-state index is 0.0852. The van der Waals surface area contributed by atoms with Crippen LogP contribution in [0.3, 0.4) is 0 Å². The number of nitrogens with zero attached hydrogens (tertiary/aromatic N) is 1. The van der Waals surface area contributed by atoms with Crippen molar-refractivity contribution in [3.8, 4) is 0 Å². The van der Waals surface area contributed by atoms with Gasteiger partial charge in [-0.1, -0.05) is 50.1 Å². The molecule has 0 spiro atoms. The lowest BCUT2D eigenvalue weighted by Crippen LogP contribution is -2.58. The Bertz CT molecular complexity index is 844. The van der Waals surface area contributed by atoms with Crippen LogP contribution in [0.15, 0.2) is 30.3 Å². The molecule has 1 aromatic rings. The van der Waals surface area contributed by atoms with E-state index in [0.717, 1.165) is 70.5 Å². The zero-order valence-corrected chi connectivity index (χ0v) is 21.8. The summed E-state index contributed by atoms with van der Waals surface area (Å²) in [6.07, 6.45) is 6.85. The molecule has 8 heteroatoms. The molecule has 2 saturated heterocycles. The average molecular weight is 501 g/mol.